The second-order valence-corrected chi connectivity index (χ2v) is 5.73. The molecule has 4 N–H and O–H groups in total. The predicted octanol–water partition coefficient (Wildman–Crippen LogP) is 1.73. The van der Waals surface area contributed by atoms with Crippen molar-refractivity contribution in [3.63, 3.8) is 0 Å². The molecule has 118 valence electrons. The summed E-state index contributed by atoms with van der Waals surface area (Å²) >= 11 is 0. The maximum absolute atomic E-state index is 11.6. The molecule has 5 nitrogen and oxygen atoms in total. The van der Waals surface area contributed by atoms with E-state index in [1.807, 2.05) is 18.2 Å². The third-order valence-electron chi connectivity index (χ3n) is 2.88. The van der Waals surface area contributed by atoms with E-state index in [0.29, 0.717) is 36.8 Å². The van der Waals surface area contributed by atoms with Gasteiger partial charge < -0.3 is 20.9 Å². The van der Waals surface area contributed by atoms with Crippen LogP contribution in [0.3, 0.4) is 0 Å². The van der Waals surface area contributed by atoms with E-state index in [-0.39, 0.29) is 12.5 Å². The molecule has 1 unspecified atom stereocenters. The molecule has 0 aliphatic carbocycles. The van der Waals surface area contributed by atoms with Crippen LogP contribution in [-0.2, 0) is 11.2 Å². The third-order valence-corrected chi connectivity index (χ3v) is 2.88. The molecule has 0 spiro atoms. The fourth-order valence-corrected chi connectivity index (χ4v) is 1.75. The minimum atomic E-state index is -0.526. The number of carbonyl (C=O) groups excluding carboxylic acids is 1. The van der Waals surface area contributed by atoms with E-state index >= 15 is 0 Å². The van der Waals surface area contributed by atoms with Crippen molar-refractivity contribution < 1.29 is 14.6 Å². The Labute approximate surface area is 126 Å². The van der Waals surface area contributed by atoms with E-state index < -0.39 is 6.10 Å². The van der Waals surface area contributed by atoms with Gasteiger partial charge in [0.2, 0.25) is 5.91 Å². The van der Waals surface area contributed by atoms with Crippen molar-refractivity contribution in [1.29, 1.82) is 0 Å². The van der Waals surface area contributed by atoms with Gasteiger partial charge in [0.05, 0.1) is 18.4 Å². The molecular weight excluding hydrogens is 268 g/mol. The van der Waals surface area contributed by atoms with Gasteiger partial charge in [0.15, 0.2) is 0 Å². The first-order valence-corrected chi connectivity index (χ1v) is 7.34. The topological polar surface area (TPSA) is 84.6 Å². The van der Waals surface area contributed by atoms with Gasteiger partial charge in [-0.3, -0.25) is 4.79 Å². The number of aliphatic hydroxyl groups excluding tert-OH is 1. The molecule has 0 heterocycles. The molecule has 1 amide bonds. The smallest absolute Gasteiger partial charge is 0.220 e. The highest BCUT2D eigenvalue weighted by Gasteiger charge is 2.06. The Balaban J connectivity index is 2.46. The lowest BCUT2D eigenvalue weighted by Gasteiger charge is -2.12. The number of carbonyl (C=O) groups is 1. The number of aryl methyl sites for hydroxylation is 1. The van der Waals surface area contributed by atoms with Crippen LogP contribution >= 0.6 is 0 Å². The van der Waals surface area contributed by atoms with Crippen molar-refractivity contribution in [2.24, 2.45) is 5.92 Å². The molecule has 0 aliphatic heterocycles. The van der Waals surface area contributed by atoms with Crippen LogP contribution in [0.4, 0.5) is 5.69 Å². The standard InChI is InChI=1S/C16H26N2O3/c1-11(2)10-21-15-6-4-13(8-14(15)17)5-7-16(20)18-9-12(3)19/h4,6,8,11-12,19H,5,7,9-10,17H2,1-3H3,(H,18,20). The van der Waals surface area contributed by atoms with Crippen molar-refractivity contribution in [1.82, 2.24) is 5.32 Å². The van der Waals surface area contributed by atoms with E-state index in [9.17, 15) is 4.79 Å². The zero-order chi connectivity index (χ0) is 15.8. The van der Waals surface area contributed by atoms with Crippen molar-refractivity contribution in [2.75, 3.05) is 18.9 Å². The largest absolute Gasteiger partial charge is 0.491 e. The first kappa shape index (κ1) is 17.3. The lowest BCUT2D eigenvalue weighted by Crippen LogP contribution is -2.30. The van der Waals surface area contributed by atoms with Gasteiger partial charge in [-0.15, -0.1) is 0 Å². The molecule has 0 saturated carbocycles. The second-order valence-electron chi connectivity index (χ2n) is 5.73. The first-order valence-electron chi connectivity index (χ1n) is 7.34. The number of amides is 1. The molecule has 1 rings (SSSR count). The van der Waals surface area contributed by atoms with Crippen LogP contribution in [0.1, 0.15) is 32.8 Å². The second kappa shape index (κ2) is 8.52. The maximum Gasteiger partial charge on any atom is 0.220 e. The molecule has 0 aromatic heterocycles. The van der Waals surface area contributed by atoms with Crippen LogP contribution < -0.4 is 15.8 Å². The molecule has 5 heteroatoms. The summed E-state index contributed by atoms with van der Waals surface area (Å²) in [5.41, 5.74) is 7.55. The van der Waals surface area contributed by atoms with Gasteiger partial charge >= 0.3 is 0 Å². The zero-order valence-corrected chi connectivity index (χ0v) is 13.1. The minimum Gasteiger partial charge on any atom is -0.491 e. The Hall–Kier alpha value is -1.75. The van der Waals surface area contributed by atoms with Gasteiger partial charge in [0.1, 0.15) is 5.75 Å². The number of anilines is 1. The normalized spacial score (nSPS) is 12.2. The molecule has 21 heavy (non-hydrogen) atoms. The van der Waals surface area contributed by atoms with Gasteiger partial charge in [0.25, 0.3) is 0 Å². The average Bonchev–Trinajstić information content (AvgIpc) is 2.41. The highest BCUT2D eigenvalue weighted by Crippen LogP contribution is 2.23. The Morgan fingerprint density at radius 1 is 1.38 bits per heavy atom. The van der Waals surface area contributed by atoms with Crippen LogP contribution in [0, 0.1) is 5.92 Å². The van der Waals surface area contributed by atoms with Gasteiger partial charge in [0, 0.05) is 13.0 Å². The van der Waals surface area contributed by atoms with E-state index in [1.54, 1.807) is 6.92 Å². The number of hydrogen-bond donors (Lipinski definition) is 3. The predicted molar refractivity (Wildman–Crippen MR) is 84.2 cm³/mol. The summed E-state index contributed by atoms with van der Waals surface area (Å²) in [6.07, 6.45) is 0.459. The van der Waals surface area contributed by atoms with E-state index in [1.165, 1.54) is 0 Å². The van der Waals surface area contributed by atoms with Crippen molar-refractivity contribution >= 4 is 11.6 Å². The fourth-order valence-electron chi connectivity index (χ4n) is 1.75. The molecule has 1 aromatic carbocycles. The number of hydrogen-bond acceptors (Lipinski definition) is 4. The van der Waals surface area contributed by atoms with Gasteiger partial charge in [-0.1, -0.05) is 19.9 Å². The number of aliphatic hydroxyl groups is 1. The van der Waals surface area contributed by atoms with Crippen molar-refractivity contribution in [2.45, 2.75) is 39.7 Å². The summed E-state index contributed by atoms with van der Waals surface area (Å²) in [4.78, 5) is 11.6. The molecule has 1 aromatic rings. The number of rotatable bonds is 8. The Morgan fingerprint density at radius 2 is 2.10 bits per heavy atom. The van der Waals surface area contributed by atoms with Crippen LogP contribution in [0.2, 0.25) is 0 Å². The maximum atomic E-state index is 11.6. The van der Waals surface area contributed by atoms with E-state index in [0.717, 1.165) is 5.56 Å². The summed E-state index contributed by atoms with van der Waals surface area (Å²) in [5, 5.41) is 11.8. The summed E-state index contributed by atoms with van der Waals surface area (Å²) in [7, 11) is 0. The molecule has 1 atom stereocenters. The zero-order valence-electron chi connectivity index (χ0n) is 13.1. The molecular formula is C16H26N2O3. The van der Waals surface area contributed by atoms with Crippen LogP contribution in [0.5, 0.6) is 5.75 Å². The number of nitrogens with two attached hydrogens (primary N) is 1. The molecule has 0 radical (unpaired) electrons. The van der Waals surface area contributed by atoms with Crippen molar-refractivity contribution in [3.8, 4) is 5.75 Å². The Bertz CT molecular complexity index is 459. The molecule has 0 fully saturated rings. The van der Waals surface area contributed by atoms with Gasteiger partial charge in [-0.25, -0.2) is 0 Å². The number of benzene rings is 1. The summed E-state index contributed by atoms with van der Waals surface area (Å²) in [6.45, 7) is 6.71. The number of ether oxygens (including phenoxy) is 1. The Morgan fingerprint density at radius 3 is 2.67 bits per heavy atom. The molecule has 0 bridgehead atoms. The molecule has 0 aliphatic rings. The first-order chi connectivity index (χ1) is 9.88. The quantitative estimate of drug-likeness (QED) is 0.638. The Kier molecular flexibility index (Phi) is 7.02. The van der Waals surface area contributed by atoms with Crippen LogP contribution in [0.15, 0.2) is 18.2 Å². The fraction of sp³-hybridized carbons (Fsp3) is 0.562. The molecule has 0 saturated heterocycles. The van der Waals surface area contributed by atoms with Gasteiger partial charge in [-0.2, -0.15) is 0 Å². The highest BCUT2D eigenvalue weighted by molar-refractivity contribution is 5.76. The third kappa shape index (κ3) is 6.99. The van der Waals surface area contributed by atoms with Gasteiger partial charge in [-0.05, 0) is 37.0 Å². The van der Waals surface area contributed by atoms with E-state index in [4.69, 9.17) is 15.6 Å². The van der Waals surface area contributed by atoms with Crippen LogP contribution in [-0.4, -0.2) is 30.3 Å². The van der Waals surface area contributed by atoms with Crippen LogP contribution in [0.25, 0.3) is 0 Å². The lowest BCUT2D eigenvalue weighted by atomic mass is 10.1. The van der Waals surface area contributed by atoms with Crippen molar-refractivity contribution in [3.05, 3.63) is 23.8 Å². The number of nitrogen functional groups attached to an aromatic ring is 1. The minimum absolute atomic E-state index is 0.0744. The highest BCUT2D eigenvalue weighted by atomic mass is 16.5. The average molecular weight is 294 g/mol. The summed E-state index contributed by atoms with van der Waals surface area (Å²) in [5.74, 6) is 1.06. The summed E-state index contributed by atoms with van der Waals surface area (Å²) < 4.78 is 5.61. The monoisotopic (exact) mass is 294 g/mol. The number of nitrogens with one attached hydrogen (secondary N) is 1. The summed E-state index contributed by atoms with van der Waals surface area (Å²) in [6, 6.07) is 5.62. The lowest BCUT2D eigenvalue weighted by molar-refractivity contribution is -0.121. The SMILES string of the molecule is CC(C)COc1ccc(CCC(=O)NCC(C)O)cc1N. The van der Waals surface area contributed by atoms with E-state index in [2.05, 4.69) is 19.2 Å².